The van der Waals surface area contributed by atoms with E-state index < -0.39 is 18.0 Å². The molecule has 1 aromatic heterocycles. The molecular formula is C17H19N3O3S. The van der Waals surface area contributed by atoms with Gasteiger partial charge in [0.05, 0.1) is 0 Å². The van der Waals surface area contributed by atoms with Crippen LogP contribution in [0, 0.1) is 6.92 Å². The molecule has 0 radical (unpaired) electrons. The lowest BCUT2D eigenvalue weighted by Gasteiger charge is -2.13. The third kappa shape index (κ3) is 4.92. The molecule has 0 saturated carbocycles. The second-order valence-electron chi connectivity index (χ2n) is 5.11. The molecule has 1 heterocycles. The highest BCUT2D eigenvalue weighted by atomic mass is 32.1. The molecule has 1 amide bonds. The van der Waals surface area contributed by atoms with Crippen LogP contribution >= 0.6 is 11.3 Å². The van der Waals surface area contributed by atoms with Crippen molar-refractivity contribution in [3.05, 3.63) is 53.6 Å². The van der Waals surface area contributed by atoms with Crippen LogP contribution in [0.25, 0.3) is 0 Å². The number of thiazole rings is 1. The van der Waals surface area contributed by atoms with Crippen molar-refractivity contribution >= 4 is 34.0 Å². The smallest absolute Gasteiger partial charge is 0.358 e. The Bertz CT molecular complexity index is 742. The number of hydrogen-bond donors (Lipinski definition) is 2. The highest BCUT2D eigenvalue weighted by molar-refractivity contribution is 7.13. The van der Waals surface area contributed by atoms with Gasteiger partial charge >= 0.3 is 5.97 Å². The second kappa shape index (κ2) is 8.26. The molecule has 2 N–H and O–H groups in total. The molecule has 0 bridgehead atoms. The van der Waals surface area contributed by atoms with Gasteiger partial charge in [0, 0.05) is 17.6 Å². The molecule has 0 aliphatic rings. The second-order valence-corrected chi connectivity index (χ2v) is 5.97. The number of rotatable bonds is 7. The van der Waals surface area contributed by atoms with E-state index in [1.807, 2.05) is 25.1 Å². The predicted octanol–water partition coefficient (Wildman–Crippen LogP) is 3.23. The molecule has 0 aliphatic carbocycles. The maximum Gasteiger partial charge on any atom is 0.358 e. The van der Waals surface area contributed by atoms with Crippen LogP contribution in [-0.2, 0) is 9.53 Å². The predicted molar refractivity (Wildman–Crippen MR) is 95.5 cm³/mol. The van der Waals surface area contributed by atoms with Crippen LogP contribution < -0.4 is 10.6 Å². The Morgan fingerprint density at radius 3 is 2.96 bits per heavy atom. The number of benzene rings is 1. The number of amides is 1. The number of nitrogens with zero attached hydrogens (tertiary/aromatic N) is 1. The summed E-state index contributed by atoms with van der Waals surface area (Å²) >= 11 is 1.29. The zero-order valence-corrected chi connectivity index (χ0v) is 14.4. The minimum atomic E-state index is -0.927. The molecular weight excluding hydrogens is 326 g/mol. The van der Waals surface area contributed by atoms with Crippen molar-refractivity contribution in [2.45, 2.75) is 20.0 Å². The summed E-state index contributed by atoms with van der Waals surface area (Å²) in [6, 6.07) is 7.38. The summed E-state index contributed by atoms with van der Waals surface area (Å²) in [5.41, 5.74) is 1.86. The van der Waals surface area contributed by atoms with Gasteiger partial charge in [-0.05, 0) is 31.5 Å². The zero-order chi connectivity index (χ0) is 17.5. The molecule has 2 rings (SSSR count). The summed E-state index contributed by atoms with van der Waals surface area (Å²) in [7, 11) is 0. The molecule has 0 aliphatic heterocycles. The normalized spacial score (nSPS) is 11.4. The highest BCUT2D eigenvalue weighted by Gasteiger charge is 2.21. The number of ether oxygens (including phenoxy) is 1. The lowest BCUT2D eigenvalue weighted by Crippen LogP contribution is -2.30. The van der Waals surface area contributed by atoms with Crippen LogP contribution in [0.2, 0.25) is 0 Å². The van der Waals surface area contributed by atoms with Crippen LogP contribution in [0.4, 0.5) is 10.8 Å². The molecule has 0 fully saturated rings. The summed E-state index contributed by atoms with van der Waals surface area (Å²) < 4.78 is 5.16. The highest BCUT2D eigenvalue weighted by Crippen LogP contribution is 2.17. The van der Waals surface area contributed by atoms with E-state index in [4.69, 9.17) is 4.74 Å². The molecule has 1 unspecified atom stereocenters. The van der Waals surface area contributed by atoms with Crippen molar-refractivity contribution < 1.29 is 14.3 Å². The van der Waals surface area contributed by atoms with Crippen LogP contribution in [-0.4, -0.2) is 29.5 Å². The number of carbonyl (C=O) groups excluding carboxylic acids is 2. The molecule has 2 aromatic rings. The number of carbonyl (C=O) groups is 2. The Balaban J connectivity index is 1.91. The minimum Gasteiger partial charge on any atom is -0.448 e. The van der Waals surface area contributed by atoms with Gasteiger partial charge in [-0.1, -0.05) is 18.2 Å². The fraction of sp³-hybridized carbons (Fsp3) is 0.235. The van der Waals surface area contributed by atoms with E-state index >= 15 is 0 Å². The van der Waals surface area contributed by atoms with E-state index in [0.29, 0.717) is 17.4 Å². The van der Waals surface area contributed by atoms with Crippen molar-refractivity contribution in [1.82, 2.24) is 4.98 Å². The topological polar surface area (TPSA) is 80.3 Å². The van der Waals surface area contributed by atoms with Crippen LogP contribution in [0.1, 0.15) is 23.0 Å². The first-order chi connectivity index (χ1) is 11.5. The Morgan fingerprint density at radius 2 is 2.25 bits per heavy atom. The number of aryl methyl sites for hydroxylation is 1. The van der Waals surface area contributed by atoms with Gasteiger partial charge in [-0.2, -0.15) is 0 Å². The lowest BCUT2D eigenvalue weighted by atomic mass is 10.2. The van der Waals surface area contributed by atoms with Crippen molar-refractivity contribution in [3.8, 4) is 0 Å². The molecule has 1 aromatic carbocycles. The number of esters is 1. The van der Waals surface area contributed by atoms with E-state index in [0.717, 1.165) is 5.56 Å². The molecule has 7 heteroatoms. The quantitative estimate of drug-likeness (QED) is 0.595. The number of aromatic nitrogens is 1. The van der Waals surface area contributed by atoms with Gasteiger partial charge in [0.2, 0.25) is 0 Å². The standard InChI is InChI=1S/C17H19N3O3S/c1-4-8-18-17-20-14(10-24-17)16(22)23-12(3)15(21)19-13-7-5-6-11(2)9-13/h4-7,9-10,12H,1,8H2,2-3H3,(H,18,20)(H,19,21). The average molecular weight is 345 g/mol. The first kappa shape index (κ1) is 17.7. The molecule has 6 nitrogen and oxygen atoms in total. The largest absolute Gasteiger partial charge is 0.448 e. The Labute approximate surface area is 144 Å². The number of hydrogen-bond acceptors (Lipinski definition) is 6. The average Bonchev–Trinajstić information content (AvgIpc) is 3.01. The monoisotopic (exact) mass is 345 g/mol. The van der Waals surface area contributed by atoms with Crippen molar-refractivity contribution in [1.29, 1.82) is 0 Å². The van der Waals surface area contributed by atoms with Crippen LogP contribution in [0.5, 0.6) is 0 Å². The third-order valence-corrected chi connectivity index (χ3v) is 3.85. The van der Waals surface area contributed by atoms with Gasteiger partial charge in [-0.15, -0.1) is 17.9 Å². The fourth-order valence-corrected chi connectivity index (χ4v) is 2.54. The Morgan fingerprint density at radius 1 is 1.46 bits per heavy atom. The van der Waals surface area contributed by atoms with Gasteiger partial charge < -0.3 is 15.4 Å². The summed E-state index contributed by atoms with van der Waals surface area (Å²) in [5.74, 6) is -1.03. The van der Waals surface area contributed by atoms with Crippen molar-refractivity contribution in [2.75, 3.05) is 17.2 Å². The van der Waals surface area contributed by atoms with E-state index in [1.165, 1.54) is 18.3 Å². The summed E-state index contributed by atoms with van der Waals surface area (Å²) in [5, 5.41) is 7.88. The molecule has 1 atom stereocenters. The van der Waals surface area contributed by atoms with Crippen molar-refractivity contribution in [3.63, 3.8) is 0 Å². The first-order valence-electron chi connectivity index (χ1n) is 7.38. The van der Waals surface area contributed by atoms with E-state index in [-0.39, 0.29) is 5.69 Å². The maximum atomic E-state index is 12.1. The van der Waals surface area contributed by atoms with E-state index in [2.05, 4.69) is 22.2 Å². The molecule has 0 spiro atoms. The van der Waals surface area contributed by atoms with Gasteiger partial charge in [-0.25, -0.2) is 9.78 Å². The van der Waals surface area contributed by atoms with Gasteiger partial charge in [-0.3, -0.25) is 4.79 Å². The van der Waals surface area contributed by atoms with Crippen molar-refractivity contribution in [2.24, 2.45) is 0 Å². The zero-order valence-electron chi connectivity index (χ0n) is 13.5. The molecule has 0 saturated heterocycles. The summed E-state index contributed by atoms with van der Waals surface area (Å²) in [6.07, 6.45) is 0.765. The summed E-state index contributed by atoms with van der Waals surface area (Å²) in [4.78, 5) is 28.3. The van der Waals surface area contributed by atoms with Gasteiger partial charge in [0.1, 0.15) is 0 Å². The third-order valence-electron chi connectivity index (χ3n) is 3.05. The van der Waals surface area contributed by atoms with Gasteiger partial charge in [0.25, 0.3) is 5.91 Å². The number of anilines is 2. The minimum absolute atomic E-state index is 0.168. The van der Waals surface area contributed by atoms with E-state index in [1.54, 1.807) is 17.5 Å². The Hall–Kier alpha value is -2.67. The maximum absolute atomic E-state index is 12.1. The SMILES string of the molecule is C=CCNc1nc(C(=O)OC(C)C(=O)Nc2cccc(C)c2)cs1. The summed E-state index contributed by atoms with van der Waals surface area (Å²) in [6.45, 7) is 7.60. The Kier molecular flexibility index (Phi) is 6.08. The first-order valence-corrected chi connectivity index (χ1v) is 8.26. The molecule has 126 valence electrons. The van der Waals surface area contributed by atoms with Crippen LogP contribution in [0.3, 0.4) is 0 Å². The van der Waals surface area contributed by atoms with Gasteiger partial charge in [0.15, 0.2) is 16.9 Å². The number of nitrogens with one attached hydrogen (secondary N) is 2. The molecule has 24 heavy (non-hydrogen) atoms. The fourth-order valence-electron chi connectivity index (χ4n) is 1.85. The van der Waals surface area contributed by atoms with E-state index in [9.17, 15) is 9.59 Å². The lowest BCUT2D eigenvalue weighted by molar-refractivity contribution is -0.123. The van der Waals surface area contributed by atoms with Crippen LogP contribution in [0.15, 0.2) is 42.3 Å².